The fraction of sp³-hybridized carbons (Fsp3) is 0.458. The van der Waals surface area contributed by atoms with Gasteiger partial charge in [-0.3, -0.25) is 4.79 Å². The molecule has 1 N–H and O–H groups in total. The van der Waals surface area contributed by atoms with Crippen molar-refractivity contribution < 1.29 is 4.79 Å². The summed E-state index contributed by atoms with van der Waals surface area (Å²) in [6, 6.07) is 18.3. The molecule has 0 spiro atoms. The van der Waals surface area contributed by atoms with Gasteiger partial charge in [0.15, 0.2) is 5.78 Å². The second-order valence-corrected chi connectivity index (χ2v) is 6.81. The highest BCUT2D eigenvalue weighted by atomic mass is 16.1. The molecule has 1 unspecified atom stereocenters. The first-order valence-corrected chi connectivity index (χ1v) is 9.62. The SMILES string of the molecule is CC.CCC(C)(C)c1ccccc1C(NC)C(C)=O.Cc1ccccc1. The smallest absolute Gasteiger partial charge is 0.151 e. The Labute approximate surface area is 161 Å². The van der Waals surface area contributed by atoms with Crippen molar-refractivity contribution in [1.82, 2.24) is 5.32 Å². The Morgan fingerprint density at radius 3 is 1.88 bits per heavy atom. The lowest BCUT2D eigenvalue weighted by molar-refractivity contribution is -0.119. The number of carbonyl (C=O) groups is 1. The number of carbonyl (C=O) groups excluding carboxylic acids is 1. The monoisotopic (exact) mass is 355 g/mol. The molecule has 0 aliphatic heterocycles. The van der Waals surface area contributed by atoms with Gasteiger partial charge >= 0.3 is 0 Å². The molecule has 0 aliphatic rings. The van der Waals surface area contributed by atoms with E-state index in [4.69, 9.17) is 0 Å². The molecular formula is C24H37NO. The summed E-state index contributed by atoms with van der Waals surface area (Å²) in [4.78, 5) is 11.7. The van der Waals surface area contributed by atoms with Crippen molar-refractivity contribution in [2.45, 2.75) is 66.3 Å². The van der Waals surface area contributed by atoms with Gasteiger partial charge in [-0.15, -0.1) is 0 Å². The topological polar surface area (TPSA) is 29.1 Å². The van der Waals surface area contributed by atoms with Crippen LogP contribution in [-0.4, -0.2) is 12.8 Å². The highest BCUT2D eigenvalue weighted by Crippen LogP contribution is 2.32. The molecule has 0 amide bonds. The molecule has 2 nitrogen and oxygen atoms in total. The average molecular weight is 356 g/mol. The summed E-state index contributed by atoms with van der Waals surface area (Å²) < 4.78 is 0. The Kier molecular flexibility index (Phi) is 11.5. The minimum absolute atomic E-state index is 0.0984. The van der Waals surface area contributed by atoms with E-state index in [9.17, 15) is 4.79 Å². The van der Waals surface area contributed by atoms with Crippen molar-refractivity contribution >= 4 is 5.78 Å². The van der Waals surface area contributed by atoms with Crippen LogP contribution in [0, 0.1) is 6.92 Å². The van der Waals surface area contributed by atoms with Crippen LogP contribution >= 0.6 is 0 Å². The summed E-state index contributed by atoms with van der Waals surface area (Å²) in [5.74, 6) is 0.159. The molecule has 0 radical (unpaired) electrons. The lowest BCUT2D eigenvalue weighted by Crippen LogP contribution is -2.28. The van der Waals surface area contributed by atoms with Crippen molar-refractivity contribution in [3.8, 4) is 0 Å². The Morgan fingerprint density at radius 1 is 1.00 bits per heavy atom. The maximum absolute atomic E-state index is 11.7. The van der Waals surface area contributed by atoms with Crippen LogP contribution in [0.5, 0.6) is 0 Å². The number of Topliss-reactive ketones (excluding diaryl/α,β-unsaturated/α-hetero) is 1. The standard InChI is InChI=1S/C15H23NO.C7H8.C2H6/c1-6-15(3,4)13-10-8-7-9-12(13)14(16-5)11(2)17;1-7-5-3-2-4-6-7;1-2/h7-10,14,16H,6H2,1-5H3;2-6H,1H3;1-2H3. The number of benzene rings is 2. The van der Waals surface area contributed by atoms with Crippen molar-refractivity contribution in [2.75, 3.05) is 7.05 Å². The molecule has 0 aromatic heterocycles. The van der Waals surface area contributed by atoms with Crippen LogP contribution < -0.4 is 5.32 Å². The Hall–Kier alpha value is -1.93. The van der Waals surface area contributed by atoms with Gasteiger partial charge in [-0.2, -0.15) is 0 Å². The quantitative estimate of drug-likeness (QED) is 0.687. The summed E-state index contributed by atoms with van der Waals surface area (Å²) in [5.41, 5.74) is 3.79. The van der Waals surface area contributed by atoms with Gasteiger partial charge in [0.05, 0.1) is 6.04 Å². The van der Waals surface area contributed by atoms with Crippen LogP contribution in [0.15, 0.2) is 54.6 Å². The zero-order chi connectivity index (χ0) is 20.2. The minimum Gasteiger partial charge on any atom is -0.307 e. The second-order valence-electron chi connectivity index (χ2n) is 6.81. The van der Waals surface area contributed by atoms with E-state index in [1.807, 2.05) is 51.2 Å². The van der Waals surface area contributed by atoms with E-state index in [0.29, 0.717) is 0 Å². The Bertz CT molecular complexity index is 632. The summed E-state index contributed by atoms with van der Waals surface area (Å²) in [6.07, 6.45) is 1.05. The highest BCUT2D eigenvalue weighted by molar-refractivity contribution is 5.83. The van der Waals surface area contributed by atoms with E-state index in [0.717, 1.165) is 12.0 Å². The van der Waals surface area contributed by atoms with Gasteiger partial charge in [-0.1, -0.05) is 94.8 Å². The minimum atomic E-state index is -0.197. The second kappa shape index (κ2) is 12.4. The number of hydrogen-bond donors (Lipinski definition) is 1. The van der Waals surface area contributed by atoms with Gasteiger partial charge in [-0.25, -0.2) is 0 Å². The fourth-order valence-electron chi connectivity index (χ4n) is 2.67. The molecular weight excluding hydrogens is 318 g/mol. The first-order chi connectivity index (χ1) is 12.3. The van der Waals surface area contributed by atoms with Crippen molar-refractivity contribution in [1.29, 1.82) is 0 Å². The largest absolute Gasteiger partial charge is 0.307 e. The Balaban J connectivity index is 0.000000575. The number of aryl methyl sites for hydroxylation is 1. The molecule has 2 aromatic rings. The summed E-state index contributed by atoms with van der Waals surface area (Å²) in [5, 5.41) is 3.10. The third kappa shape index (κ3) is 7.53. The van der Waals surface area contributed by atoms with Gasteiger partial charge < -0.3 is 5.32 Å². The van der Waals surface area contributed by atoms with E-state index in [1.54, 1.807) is 6.92 Å². The van der Waals surface area contributed by atoms with Crippen LogP contribution in [0.2, 0.25) is 0 Å². The fourth-order valence-corrected chi connectivity index (χ4v) is 2.67. The molecule has 0 fully saturated rings. The number of rotatable bonds is 5. The van der Waals surface area contributed by atoms with Gasteiger partial charge in [-0.05, 0) is 43.9 Å². The zero-order valence-corrected chi connectivity index (χ0v) is 17.9. The van der Waals surface area contributed by atoms with Crippen LogP contribution in [0.3, 0.4) is 0 Å². The van der Waals surface area contributed by atoms with E-state index < -0.39 is 0 Å². The average Bonchev–Trinajstić information content (AvgIpc) is 2.65. The number of hydrogen-bond acceptors (Lipinski definition) is 2. The molecule has 2 aromatic carbocycles. The van der Waals surface area contributed by atoms with E-state index >= 15 is 0 Å². The third-order valence-corrected chi connectivity index (χ3v) is 4.52. The van der Waals surface area contributed by atoms with Crippen LogP contribution in [-0.2, 0) is 10.2 Å². The number of likely N-dealkylation sites (N-methyl/N-ethyl adjacent to an activating group) is 1. The molecule has 0 saturated heterocycles. The van der Waals surface area contributed by atoms with Crippen LogP contribution in [0.25, 0.3) is 0 Å². The van der Waals surface area contributed by atoms with Crippen molar-refractivity contribution in [3.63, 3.8) is 0 Å². The third-order valence-electron chi connectivity index (χ3n) is 4.52. The molecule has 0 bridgehead atoms. The summed E-state index contributed by atoms with van der Waals surface area (Å²) >= 11 is 0. The van der Waals surface area contributed by atoms with Crippen LogP contribution in [0.4, 0.5) is 0 Å². The van der Waals surface area contributed by atoms with Crippen molar-refractivity contribution in [3.05, 3.63) is 71.3 Å². The van der Waals surface area contributed by atoms with Gasteiger partial charge in [0.25, 0.3) is 0 Å². The molecule has 2 heteroatoms. The van der Waals surface area contributed by atoms with Crippen molar-refractivity contribution in [2.24, 2.45) is 0 Å². The van der Waals surface area contributed by atoms with E-state index in [1.165, 1.54) is 11.1 Å². The highest BCUT2D eigenvalue weighted by Gasteiger charge is 2.25. The molecule has 0 saturated carbocycles. The van der Waals surface area contributed by atoms with E-state index in [-0.39, 0.29) is 17.2 Å². The molecule has 1 atom stereocenters. The number of nitrogens with one attached hydrogen (secondary N) is 1. The molecule has 0 aliphatic carbocycles. The molecule has 0 heterocycles. The van der Waals surface area contributed by atoms with E-state index in [2.05, 4.69) is 57.3 Å². The lowest BCUT2D eigenvalue weighted by atomic mass is 9.78. The summed E-state index contributed by atoms with van der Waals surface area (Å²) in [6.45, 7) is 14.3. The maximum atomic E-state index is 11.7. The normalized spacial score (nSPS) is 11.4. The zero-order valence-electron chi connectivity index (χ0n) is 17.9. The first-order valence-electron chi connectivity index (χ1n) is 9.62. The van der Waals surface area contributed by atoms with Gasteiger partial charge in [0, 0.05) is 0 Å². The first kappa shape index (κ1) is 24.1. The maximum Gasteiger partial charge on any atom is 0.151 e. The molecule has 26 heavy (non-hydrogen) atoms. The lowest BCUT2D eigenvalue weighted by Gasteiger charge is -2.29. The molecule has 2 rings (SSSR count). The number of ketones is 1. The Morgan fingerprint density at radius 2 is 1.50 bits per heavy atom. The van der Waals surface area contributed by atoms with Crippen LogP contribution in [0.1, 0.15) is 70.7 Å². The predicted octanol–water partition coefficient (Wildman–Crippen LogP) is 6.24. The van der Waals surface area contributed by atoms with Gasteiger partial charge in [0.1, 0.15) is 0 Å². The molecule has 144 valence electrons. The summed E-state index contributed by atoms with van der Waals surface area (Å²) in [7, 11) is 1.84. The van der Waals surface area contributed by atoms with Gasteiger partial charge in [0.2, 0.25) is 0 Å². The predicted molar refractivity (Wildman–Crippen MR) is 115 cm³/mol.